The first-order valence-corrected chi connectivity index (χ1v) is 10.1. The molecule has 0 aromatic carbocycles. The van der Waals surface area contributed by atoms with Crippen LogP contribution in [0.2, 0.25) is 0 Å². The molecule has 0 aliphatic rings. The molecule has 168 valence electrons. The predicted molar refractivity (Wildman–Crippen MR) is 109 cm³/mol. The maximum absolute atomic E-state index is 12.9. The van der Waals surface area contributed by atoms with Crippen molar-refractivity contribution in [1.82, 2.24) is 23.5 Å². The molecule has 0 fully saturated rings. The van der Waals surface area contributed by atoms with Gasteiger partial charge in [-0.05, 0) is 19.4 Å². The molecular weight excluding hydrogens is 439 g/mol. The van der Waals surface area contributed by atoms with Crippen molar-refractivity contribution in [1.29, 1.82) is 0 Å². The molecule has 13 heteroatoms. The van der Waals surface area contributed by atoms with Crippen molar-refractivity contribution >= 4 is 21.6 Å². The summed E-state index contributed by atoms with van der Waals surface area (Å²) in [6.45, 7) is 6.06. The van der Waals surface area contributed by atoms with E-state index in [0.29, 0.717) is 10.4 Å². The molecule has 0 atom stereocenters. The second-order valence-electron chi connectivity index (χ2n) is 6.62. The van der Waals surface area contributed by atoms with Crippen molar-refractivity contribution in [2.24, 2.45) is 0 Å². The van der Waals surface area contributed by atoms with Crippen molar-refractivity contribution in [3.8, 4) is 0 Å². The van der Waals surface area contributed by atoms with Crippen LogP contribution in [0.4, 0.5) is 13.2 Å². The largest absolute Gasteiger partial charge is 0.522 e. The van der Waals surface area contributed by atoms with Gasteiger partial charge < -0.3 is 0 Å². The van der Waals surface area contributed by atoms with Gasteiger partial charge in [-0.25, -0.2) is 14.3 Å². The van der Waals surface area contributed by atoms with Crippen LogP contribution in [-0.4, -0.2) is 36.5 Å². The number of thiophene rings is 1. The summed E-state index contributed by atoms with van der Waals surface area (Å²) >= 11 is 1.07. The van der Waals surface area contributed by atoms with E-state index in [9.17, 15) is 27.6 Å². The van der Waals surface area contributed by atoms with E-state index in [1.54, 1.807) is 19.9 Å². The van der Waals surface area contributed by atoms with E-state index in [4.69, 9.17) is 0 Å². The fraction of sp³-hybridized carbons (Fsp3) is 0.444. The van der Waals surface area contributed by atoms with E-state index in [2.05, 4.69) is 16.4 Å². The highest BCUT2D eigenvalue weighted by Crippen LogP contribution is 2.28. The molecule has 31 heavy (non-hydrogen) atoms. The maximum atomic E-state index is 12.9. The van der Waals surface area contributed by atoms with E-state index in [1.807, 2.05) is 0 Å². The van der Waals surface area contributed by atoms with Crippen LogP contribution in [-0.2, 0) is 30.9 Å². The lowest BCUT2D eigenvalue weighted by Gasteiger charge is -2.12. The fourth-order valence-electron chi connectivity index (χ4n) is 3.20. The Bertz CT molecular complexity index is 1290. The molecule has 0 aliphatic heterocycles. The normalized spacial score (nSPS) is 12.0. The number of aryl methyl sites for hydroxylation is 1. The topological polar surface area (TPSA) is 93.1 Å². The molecule has 0 radical (unpaired) electrons. The first-order valence-electron chi connectivity index (χ1n) is 9.28. The molecular formula is C18H20F3N5O4S. The van der Waals surface area contributed by atoms with Crippen LogP contribution in [0.3, 0.4) is 0 Å². The zero-order valence-corrected chi connectivity index (χ0v) is 17.6. The summed E-state index contributed by atoms with van der Waals surface area (Å²) in [6, 6.07) is 0. The van der Waals surface area contributed by atoms with Gasteiger partial charge in [-0.2, -0.15) is 5.10 Å². The van der Waals surface area contributed by atoms with Crippen LogP contribution in [0.5, 0.6) is 0 Å². The maximum Gasteiger partial charge on any atom is 0.522 e. The molecule has 3 aromatic rings. The number of halogens is 3. The van der Waals surface area contributed by atoms with Gasteiger partial charge in [0.2, 0.25) is 0 Å². The lowest BCUT2D eigenvalue weighted by atomic mass is 10.2. The van der Waals surface area contributed by atoms with Crippen molar-refractivity contribution in [3.05, 3.63) is 60.7 Å². The Balaban J connectivity index is 2.11. The first kappa shape index (κ1) is 22.7. The second-order valence-corrected chi connectivity index (χ2v) is 7.70. The van der Waals surface area contributed by atoms with Crippen LogP contribution in [0, 0.1) is 6.92 Å². The zero-order valence-electron chi connectivity index (χ0n) is 16.8. The lowest BCUT2D eigenvalue weighted by molar-refractivity contribution is -0.325. The molecule has 3 heterocycles. The smallest absolute Gasteiger partial charge is 0.290 e. The van der Waals surface area contributed by atoms with Gasteiger partial charge in [0.1, 0.15) is 11.2 Å². The summed E-state index contributed by atoms with van der Waals surface area (Å²) in [4.78, 5) is 38.8. The molecule has 9 nitrogen and oxygen atoms in total. The number of aromatic nitrogens is 5. The van der Waals surface area contributed by atoms with Gasteiger partial charge in [-0.3, -0.25) is 23.2 Å². The summed E-state index contributed by atoms with van der Waals surface area (Å²) in [6.07, 6.45) is -1.92. The Morgan fingerprint density at radius 1 is 1.23 bits per heavy atom. The van der Waals surface area contributed by atoms with Gasteiger partial charge >= 0.3 is 17.7 Å². The number of allylic oxidation sites excluding steroid dienone is 1. The standard InChI is InChI=1S/C18H20F3N5O4S/c1-4-6-23-10-22-26(16(23)28)9-12-11(3)13-14(27)24(5-2)17(29)25(15(13)31-12)7-8-30-18(19,20)21/h4,10H,1,5-9H2,2-3H3. The molecule has 3 aromatic heterocycles. The summed E-state index contributed by atoms with van der Waals surface area (Å²) in [5, 5.41) is 4.27. The van der Waals surface area contributed by atoms with Crippen LogP contribution in [0.1, 0.15) is 17.4 Å². The number of rotatable bonds is 8. The van der Waals surface area contributed by atoms with Crippen LogP contribution < -0.4 is 16.9 Å². The molecule has 0 N–H and O–H groups in total. The molecule has 0 saturated heterocycles. The number of alkyl halides is 3. The summed E-state index contributed by atoms with van der Waals surface area (Å²) in [7, 11) is 0. The number of ether oxygens (including phenoxy) is 1. The van der Waals surface area contributed by atoms with Gasteiger partial charge in [0, 0.05) is 18.0 Å². The van der Waals surface area contributed by atoms with Gasteiger partial charge in [0.15, 0.2) is 0 Å². The highest BCUT2D eigenvalue weighted by Gasteiger charge is 2.29. The van der Waals surface area contributed by atoms with Crippen molar-refractivity contribution in [2.45, 2.75) is 46.4 Å². The van der Waals surface area contributed by atoms with Crippen molar-refractivity contribution < 1.29 is 17.9 Å². The van der Waals surface area contributed by atoms with Gasteiger partial charge in [0.25, 0.3) is 5.56 Å². The Hall–Kier alpha value is -2.93. The third-order valence-electron chi connectivity index (χ3n) is 4.71. The molecule has 0 bridgehead atoms. The number of hydrogen-bond acceptors (Lipinski definition) is 6. The van der Waals surface area contributed by atoms with Crippen LogP contribution in [0.15, 0.2) is 33.4 Å². The van der Waals surface area contributed by atoms with E-state index < -0.39 is 24.2 Å². The Kier molecular flexibility index (Phi) is 6.36. The van der Waals surface area contributed by atoms with Crippen LogP contribution in [0.25, 0.3) is 10.2 Å². The predicted octanol–water partition coefficient (Wildman–Crippen LogP) is 1.68. The van der Waals surface area contributed by atoms with Crippen molar-refractivity contribution in [3.63, 3.8) is 0 Å². The van der Waals surface area contributed by atoms with Gasteiger partial charge in [-0.15, -0.1) is 31.1 Å². The SMILES string of the molecule is C=CCn1cnn(Cc2sc3c(c2C)c(=O)n(CC)c(=O)n3CCOC(F)(F)F)c1=O. The molecule has 0 aliphatic carbocycles. The third-order valence-corrected chi connectivity index (χ3v) is 6.01. The molecule has 3 rings (SSSR count). The molecule has 0 unspecified atom stereocenters. The fourth-order valence-corrected chi connectivity index (χ4v) is 4.50. The summed E-state index contributed by atoms with van der Waals surface area (Å²) < 4.78 is 45.6. The number of hydrogen-bond donors (Lipinski definition) is 0. The van der Waals surface area contributed by atoms with E-state index >= 15 is 0 Å². The monoisotopic (exact) mass is 459 g/mol. The minimum Gasteiger partial charge on any atom is -0.290 e. The lowest BCUT2D eigenvalue weighted by Crippen LogP contribution is -2.40. The molecule has 0 spiro atoms. The average molecular weight is 459 g/mol. The summed E-state index contributed by atoms with van der Waals surface area (Å²) in [5.41, 5.74) is -1.08. The molecule has 0 amide bonds. The molecule has 0 saturated carbocycles. The first-order chi connectivity index (χ1) is 14.6. The minimum atomic E-state index is -4.83. The van der Waals surface area contributed by atoms with E-state index in [0.717, 1.165) is 20.5 Å². The summed E-state index contributed by atoms with van der Waals surface area (Å²) in [5.74, 6) is 0. The highest BCUT2D eigenvalue weighted by molar-refractivity contribution is 7.18. The van der Waals surface area contributed by atoms with E-state index in [-0.39, 0.29) is 42.1 Å². The van der Waals surface area contributed by atoms with E-state index in [1.165, 1.54) is 15.6 Å². The number of nitrogens with zero attached hydrogens (tertiary/aromatic N) is 5. The van der Waals surface area contributed by atoms with Crippen molar-refractivity contribution in [2.75, 3.05) is 6.61 Å². The Morgan fingerprint density at radius 2 is 1.94 bits per heavy atom. The third kappa shape index (κ3) is 4.42. The highest BCUT2D eigenvalue weighted by atomic mass is 32.1. The Labute approximate surface area is 177 Å². The number of fused-ring (bicyclic) bond motifs is 1. The minimum absolute atomic E-state index is 0.0486. The van der Waals surface area contributed by atoms with Gasteiger partial charge in [0.05, 0.1) is 25.1 Å². The van der Waals surface area contributed by atoms with Crippen LogP contribution >= 0.6 is 11.3 Å². The van der Waals surface area contributed by atoms with Gasteiger partial charge in [-0.1, -0.05) is 6.08 Å². The second kappa shape index (κ2) is 8.67. The zero-order chi connectivity index (χ0) is 22.9. The Morgan fingerprint density at radius 3 is 2.55 bits per heavy atom. The quantitative estimate of drug-likeness (QED) is 0.478. The average Bonchev–Trinajstić information content (AvgIpc) is 3.19.